The first kappa shape index (κ1) is 22.6. The van der Waals surface area contributed by atoms with Gasteiger partial charge in [0, 0.05) is 41.1 Å². The number of likely N-dealkylation sites (N-methyl/N-ethyl adjacent to an activating group) is 1. The van der Waals surface area contributed by atoms with Crippen LogP contribution in [0.1, 0.15) is 0 Å². The molecule has 6 aromatic rings. The van der Waals surface area contributed by atoms with Gasteiger partial charge in [-0.15, -0.1) is 0 Å². The number of aromatic nitrogens is 6. The molecule has 5 heterocycles. The summed E-state index contributed by atoms with van der Waals surface area (Å²) in [5, 5.41) is 12.6. The Morgan fingerprint density at radius 2 is 1.76 bits per heavy atom. The highest BCUT2D eigenvalue weighted by molar-refractivity contribution is 6.01. The lowest BCUT2D eigenvalue weighted by molar-refractivity contribution is -0.116. The third-order valence-corrected chi connectivity index (χ3v) is 6.16. The van der Waals surface area contributed by atoms with Gasteiger partial charge in [-0.05, 0) is 73.3 Å². The molecule has 0 aliphatic rings. The van der Waals surface area contributed by atoms with E-state index in [2.05, 4.69) is 47.6 Å². The Morgan fingerprint density at radius 3 is 2.59 bits per heavy atom. The van der Waals surface area contributed by atoms with Crippen molar-refractivity contribution in [3.05, 3.63) is 79.5 Å². The van der Waals surface area contributed by atoms with Gasteiger partial charge >= 0.3 is 0 Å². The van der Waals surface area contributed by atoms with Crippen molar-refractivity contribution in [1.29, 1.82) is 0 Å². The van der Waals surface area contributed by atoms with Crippen molar-refractivity contribution in [3.63, 3.8) is 0 Å². The molecule has 0 radical (unpaired) electrons. The quantitative estimate of drug-likeness (QED) is 0.312. The summed E-state index contributed by atoms with van der Waals surface area (Å²) >= 11 is 0. The van der Waals surface area contributed by atoms with Crippen molar-refractivity contribution in [2.75, 3.05) is 26.0 Å². The number of pyridine rings is 3. The number of benzene rings is 1. The van der Waals surface area contributed by atoms with Crippen molar-refractivity contribution in [2.24, 2.45) is 0 Å². The highest BCUT2D eigenvalue weighted by Crippen LogP contribution is 2.34. The van der Waals surface area contributed by atoms with Gasteiger partial charge in [0.2, 0.25) is 5.91 Å². The highest BCUT2D eigenvalue weighted by atomic mass is 16.2. The van der Waals surface area contributed by atoms with Crippen LogP contribution in [0.4, 0.5) is 5.69 Å². The molecular weight excluding hydrogens is 464 g/mol. The smallest absolute Gasteiger partial charge is 0.238 e. The zero-order chi connectivity index (χ0) is 25.4. The molecule has 0 unspecified atom stereocenters. The molecule has 37 heavy (non-hydrogen) atoms. The summed E-state index contributed by atoms with van der Waals surface area (Å²) in [6, 6.07) is 16.1. The van der Waals surface area contributed by atoms with E-state index < -0.39 is 0 Å². The number of aromatic amines is 2. The van der Waals surface area contributed by atoms with Crippen molar-refractivity contribution < 1.29 is 4.79 Å². The first-order chi connectivity index (χ1) is 18.0. The molecule has 9 heteroatoms. The Labute approximate surface area is 212 Å². The van der Waals surface area contributed by atoms with Crippen LogP contribution in [-0.2, 0) is 4.79 Å². The maximum absolute atomic E-state index is 12.2. The third kappa shape index (κ3) is 4.43. The van der Waals surface area contributed by atoms with Crippen molar-refractivity contribution in [3.8, 4) is 33.6 Å². The second-order valence-electron chi connectivity index (χ2n) is 9.12. The van der Waals surface area contributed by atoms with E-state index in [1.54, 1.807) is 31.0 Å². The molecule has 0 bridgehead atoms. The van der Waals surface area contributed by atoms with E-state index in [4.69, 9.17) is 0 Å². The minimum absolute atomic E-state index is 0.0879. The molecule has 0 aliphatic carbocycles. The fraction of sp³-hybridized carbons (Fsp3) is 0.107. The maximum atomic E-state index is 12.2. The number of H-pyrrole nitrogens is 2. The zero-order valence-electron chi connectivity index (χ0n) is 20.4. The largest absolute Gasteiger partial charge is 0.338 e. The summed E-state index contributed by atoms with van der Waals surface area (Å²) in [6.45, 7) is 0.302. The topological polar surface area (TPSA) is 115 Å². The van der Waals surface area contributed by atoms with Gasteiger partial charge < -0.3 is 15.2 Å². The van der Waals surface area contributed by atoms with Crippen LogP contribution < -0.4 is 5.32 Å². The van der Waals surface area contributed by atoms with Gasteiger partial charge in [0.15, 0.2) is 0 Å². The Balaban J connectivity index is 1.38. The number of fused-ring (bicyclic) bond motifs is 2. The molecule has 5 aromatic heterocycles. The van der Waals surface area contributed by atoms with Gasteiger partial charge in [-0.25, -0.2) is 4.98 Å². The molecule has 0 saturated carbocycles. The van der Waals surface area contributed by atoms with Crippen LogP contribution in [-0.4, -0.2) is 61.6 Å². The highest BCUT2D eigenvalue weighted by Gasteiger charge is 2.15. The Morgan fingerprint density at radius 1 is 0.892 bits per heavy atom. The molecule has 1 amide bonds. The summed E-state index contributed by atoms with van der Waals surface area (Å²) in [5.41, 5.74) is 8.07. The molecule has 0 atom stereocenters. The average Bonchev–Trinajstić information content (AvgIpc) is 3.52. The van der Waals surface area contributed by atoms with Crippen LogP contribution in [0.25, 0.3) is 55.6 Å². The van der Waals surface area contributed by atoms with Gasteiger partial charge in [-0.1, -0.05) is 6.07 Å². The number of carbonyl (C=O) groups is 1. The number of hydrogen-bond acceptors (Lipinski definition) is 6. The zero-order valence-corrected chi connectivity index (χ0v) is 20.4. The van der Waals surface area contributed by atoms with E-state index in [1.165, 1.54) is 0 Å². The SMILES string of the molecule is CN(C)CC(=O)Nc1cncc(-c2ccc3[nH]nc(-c4cc5c(-c6ccncc6)ccnc5[nH]4)c3c2)c1. The second kappa shape index (κ2) is 9.29. The maximum Gasteiger partial charge on any atom is 0.238 e. The third-order valence-electron chi connectivity index (χ3n) is 6.16. The van der Waals surface area contributed by atoms with Crippen molar-refractivity contribution >= 4 is 33.5 Å². The van der Waals surface area contributed by atoms with E-state index >= 15 is 0 Å². The summed E-state index contributed by atoms with van der Waals surface area (Å²) in [4.78, 5) is 30.5. The molecule has 0 spiro atoms. The first-order valence-electron chi connectivity index (χ1n) is 11.8. The van der Waals surface area contributed by atoms with E-state index in [0.717, 1.165) is 55.6 Å². The van der Waals surface area contributed by atoms with Gasteiger partial charge in [-0.2, -0.15) is 5.10 Å². The standard InChI is InChI=1S/C28H24N8O/c1-36(2)16-26(37)32-20-11-19(14-30-15-20)18-3-4-24-23(12-18)27(35-34-24)25-13-22-21(7-10-31-28(22)33-25)17-5-8-29-9-6-17/h3-15H,16H2,1-2H3,(H,31,33)(H,32,37)(H,34,35). The lowest BCUT2D eigenvalue weighted by atomic mass is 10.0. The number of nitrogens with zero attached hydrogens (tertiary/aromatic N) is 5. The lowest BCUT2D eigenvalue weighted by Crippen LogP contribution is -2.27. The van der Waals surface area contributed by atoms with Gasteiger partial charge in [-0.3, -0.25) is 19.9 Å². The van der Waals surface area contributed by atoms with E-state index in [1.807, 2.05) is 55.4 Å². The number of amides is 1. The van der Waals surface area contributed by atoms with Crippen LogP contribution in [0, 0.1) is 0 Å². The molecule has 6 rings (SSSR count). The van der Waals surface area contributed by atoms with Crippen LogP contribution in [0.2, 0.25) is 0 Å². The van der Waals surface area contributed by atoms with Gasteiger partial charge in [0.05, 0.1) is 29.6 Å². The molecule has 182 valence electrons. The minimum Gasteiger partial charge on any atom is -0.338 e. The normalized spacial score (nSPS) is 11.4. The predicted octanol–water partition coefficient (Wildman–Crippen LogP) is 4.73. The monoisotopic (exact) mass is 488 g/mol. The Hall–Kier alpha value is -4.89. The fourth-order valence-corrected chi connectivity index (χ4v) is 4.49. The number of rotatable bonds is 6. The molecule has 1 aromatic carbocycles. The number of hydrogen-bond donors (Lipinski definition) is 3. The van der Waals surface area contributed by atoms with Crippen molar-refractivity contribution in [2.45, 2.75) is 0 Å². The van der Waals surface area contributed by atoms with Gasteiger partial charge in [0.25, 0.3) is 0 Å². The average molecular weight is 489 g/mol. The Kier molecular flexibility index (Phi) is 5.66. The van der Waals surface area contributed by atoms with Crippen LogP contribution in [0.3, 0.4) is 0 Å². The predicted molar refractivity (Wildman–Crippen MR) is 145 cm³/mol. The lowest BCUT2D eigenvalue weighted by Gasteiger charge is -2.11. The fourth-order valence-electron chi connectivity index (χ4n) is 4.49. The number of nitrogens with one attached hydrogen (secondary N) is 3. The molecule has 3 N–H and O–H groups in total. The van der Waals surface area contributed by atoms with Crippen LogP contribution >= 0.6 is 0 Å². The first-order valence-corrected chi connectivity index (χ1v) is 11.8. The summed E-state index contributed by atoms with van der Waals surface area (Å²) in [7, 11) is 3.71. The van der Waals surface area contributed by atoms with Crippen LogP contribution in [0.5, 0.6) is 0 Å². The van der Waals surface area contributed by atoms with E-state index in [0.29, 0.717) is 12.2 Å². The molecule has 0 aliphatic heterocycles. The number of carbonyl (C=O) groups excluding carboxylic acids is 1. The molecule has 0 fully saturated rings. The molecule has 9 nitrogen and oxygen atoms in total. The summed E-state index contributed by atoms with van der Waals surface area (Å²) in [5.74, 6) is -0.0879. The van der Waals surface area contributed by atoms with E-state index in [9.17, 15) is 4.79 Å². The minimum atomic E-state index is -0.0879. The van der Waals surface area contributed by atoms with Gasteiger partial charge in [0.1, 0.15) is 11.3 Å². The Bertz CT molecular complexity index is 1740. The second-order valence-corrected chi connectivity index (χ2v) is 9.12. The van der Waals surface area contributed by atoms with Crippen LogP contribution in [0.15, 0.2) is 79.5 Å². The molecular formula is C28H24N8O. The van der Waals surface area contributed by atoms with Crippen molar-refractivity contribution in [1.82, 2.24) is 35.0 Å². The summed E-state index contributed by atoms with van der Waals surface area (Å²) in [6.07, 6.45) is 8.81. The van der Waals surface area contributed by atoms with E-state index in [-0.39, 0.29) is 5.91 Å². The number of anilines is 1. The molecule has 0 saturated heterocycles. The summed E-state index contributed by atoms with van der Waals surface area (Å²) < 4.78 is 0.